The zero-order valence-corrected chi connectivity index (χ0v) is 23.5. The minimum Gasteiger partial charge on any atom is -0.462 e. The highest BCUT2D eigenvalue weighted by Crippen LogP contribution is 2.67. The number of nitrogens with zero attached hydrogens (tertiary/aromatic N) is 1. The molecule has 4 aliphatic rings. The molecule has 0 unspecified atom stereocenters. The molecule has 39 heavy (non-hydrogen) atoms. The van der Waals surface area contributed by atoms with Crippen molar-refractivity contribution in [2.45, 2.75) is 90.7 Å². The number of nitrogens with two attached hydrogens (primary N) is 1. The molecule has 0 aliphatic heterocycles. The van der Waals surface area contributed by atoms with E-state index in [0.717, 1.165) is 50.6 Å². The van der Waals surface area contributed by atoms with Crippen molar-refractivity contribution < 1.29 is 23.9 Å². The predicted octanol–water partition coefficient (Wildman–Crippen LogP) is 4.46. The maximum absolute atomic E-state index is 12.4. The van der Waals surface area contributed by atoms with Gasteiger partial charge in [-0.05, 0) is 80.1 Å². The molecule has 0 radical (unpaired) electrons. The molecule has 8 heteroatoms. The average Bonchev–Trinajstić information content (AvgIpc) is 3.51. The summed E-state index contributed by atoms with van der Waals surface area (Å²) in [5, 5.41) is 0. The molecule has 0 bridgehead atoms. The van der Waals surface area contributed by atoms with E-state index in [0.29, 0.717) is 36.5 Å². The van der Waals surface area contributed by atoms with Crippen LogP contribution in [0.15, 0.2) is 36.3 Å². The Hall–Kier alpha value is -2.74. The highest BCUT2D eigenvalue weighted by Gasteiger charge is 2.61. The largest absolute Gasteiger partial charge is 0.462 e. The quantitative estimate of drug-likeness (QED) is 0.371. The van der Waals surface area contributed by atoms with Crippen LogP contribution in [-0.2, 0) is 30.3 Å². The lowest BCUT2D eigenvalue weighted by Crippen LogP contribution is -2.54. The fourth-order valence-electron chi connectivity index (χ4n) is 8.58. The SMILES string of the molecule is CC(=O)O[C@H]1CC[C@H]2[C@@H]3[C@H](C/C=C/COC(=O)[C@@H](N)Cc4cnc[nH]4)CC4=CC(=O)CC[C@]4(C)[C@H]3CC[C@]12C. The highest BCUT2D eigenvalue weighted by atomic mass is 16.5. The molecular formula is C31H43N3O5. The van der Waals surface area contributed by atoms with Crippen LogP contribution in [0.3, 0.4) is 0 Å². The lowest BCUT2D eigenvalue weighted by atomic mass is 9.44. The molecule has 5 rings (SSSR count). The number of ketones is 1. The van der Waals surface area contributed by atoms with Gasteiger partial charge in [-0.25, -0.2) is 4.98 Å². The molecule has 3 fully saturated rings. The number of carbonyl (C=O) groups is 3. The summed E-state index contributed by atoms with van der Waals surface area (Å²) in [5.41, 5.74) is 8.18. The van der Waals surface area contributed by atoms with Gasteiger partial charge in [-0.3, -0.25) is 14.4 Å². The number of carbonyl (C=O) groups excluding carboxylic acids is 3. The van der Waals surface area contributed by atoms with Gasteiger partial charge in [0.1, 0.15) is 18.8 Å². The first-order chi connectivity index (χ1) is 18.6. The second kappa shape index (κ2) is 11.0. The maximum atomic E-state index is 12.4. The van der Waals surface area contributed by atoms with E-state index >= 15 is 0 Å². The van der Waals surface area contributed by atoms with E-state index in [4.69, 9.17) is 15.2 Å². The summed E-state index contributed by atoms with van der Waals surface area (Å²) >= 11 is 0. The third-order valence-electron chi connectivity index (χ3n) is 10.6. The van der Waals surface area contributed by atoms with E-state index in [1.807, 2.05) is 12.2 Å². The van der Waals surface area contributed by atoms with E-state index in [9.17, 15) is 14.4 Å². The third kappa shape index (κ3) is 5.37. The van der Waals surface area contributed by atoms with Gasteiger partial charge >= 0.3 is 11.9 Å². The Labute approximate surface area is 231 Å². The molecule has 0 saturated heterocycles. The van der Waals surface area contributed by atoms with Crippen molar-refractivity contribution in [3.05, 3.63) is 42.0 Å². The maximum Gasteiger partial charge on any atom is 0.323 e. The third-order valence-corrected chi connectivity index (χ3v) is 10.6. The Bertz CT molecular complexity index is 1140. The van der Waals surface area contributed by atoms with Crippen LogP contribution in [0.5, 0.6) is 0 Å². The molecule has 8 nitrogen and oxygen atoms in total. The van der Waals surface area contributed by atoms with Crippen molar-refractivity contribution in [3.63, 3.8) is 0 Å². The molecule has 3 saturated carbocycles. The Morgan fingerprint density at radius 3 is 2.77 bits per heavy atom. The monoisotopic (exact) mass is 537 g/mol. The molecule has 8 atom stereocenters. The van der Waals surface area contributed by atoms with Crippen molar-refractivity contribution in [1.29, 1.82) is 0 Å². The Balaban J connectivity index is 1.28. The second-order valence-corrected chi connectivity index (χ2v) is 12.8. The second-order valence-electron chi connectivity index (χ2n) is 12.8. The summed E-state index contributed by atoms with van der Waals surface area (Å²) in [7, 11) is 0. The van der Waals surface area contributed by atoms with Crippen LogP contribution in [0.1, 0.15) is 77.8 Å². The molecule has 0 amide bonds. The van der Waals surface area contributed by atoms with Crippen LogP contribution in [0, 0.1) is 34.5 Å². The van der Waals surface area contributed by atoms with Gasteiger partial charge in [0, 0.05) is 37.1 Å². The van der Waals surface area contributed by atoms with E-state index in [2.05, 4.69) is 29.9 Å². The number of H-pyrrole nitrogens is 1. The lowest BCUT2D eigenvalue weighted by Gasteiger charge is -2.60. The van der Waals surface area contributed by atoms with Gasteiger partial charge in [0.15, 0.2) is 5.78 Å². The van der Waals surface area contributed by atoms with E-state index in [-0.39, 0.29) is 35.3 Å². The number of hydrogen-bond acceptors (Lipinski definition) is 7. The normalized spacial score (nSPS) is 36.5. The molecule has 1 heterocycles. The summed E-state index contributed by atoms with van der Waals surface area (Å²) in [6.07, 6.45) is 17.1. The summed E-state index contributed by atoms with van der Waals surface area (Å²) in [4.78, 5) is 43.5. The number of allylic oxidation sites excluding steroid dienone is 2. The zero-order chi connectivity index (χ0) is 27.8. The smallest absolute Gasteiger partial charge is 0.323 e. The summed E-state index contributed by atoms with van der Waals surface area (Å²) in [5.74, 6) is 1.56. The molecule has 0 aromatic carbocycles. The van der Waals surface area contributed by atoms with Gasteiger partial charge in [0.05, 0.1) is 6.33 Å². The molecule has 1 aromatic rings. The van der Waals surface area contributed by atoms with Crippen LogP contribution in [0.25, 0.3) is 0 Å². The van der Waals surface area contributed by atoms with Gasteiger partial charge in [-0.15, -0.1) is 0 Å². The number of ether oxygens (including phenoxy) is 2. The Morgan fingerprint density at radius 1 is 1.21 bits per heavy atom. The Morgan fingerprint density at radius 2 is 2.03 bits per heavy atom. The number of imidazole rings is 1. The first-order valence-electron chi connectivity index (χ1n) is 14.6. The average molecular weight is 538 g/mol. The van der Waals surface area contributed by atoms with Crippen molar-refractivity contribution in [2.24, 2.45) is 40.2 Å². The predicted molar refractivity (Wildman–Crippen MR) is 146 cm³/mol. The number of nitrogens with one attached hydrogen (secondary N) is 1. The van der Waals surface area contributed by atoms with E-state index in [1.165, 1.54) is 12.5 Å². The van der Waals surface area contributed by atoms with E-state index in [1.54, 1.807) is 12.5 Å². The molecule has 3 N–H and O–H groups in total. The fraction of sp³-hybridized carbons (Fsp3) is 0.677. The van der Waals surface area contributed by atoms with Gasteiger partial charge in [0.2, 0.25) is 0 Å². The van der Waals surface area contributed by atoms with Crippen LogP contribution in [0.2, 0.25) is 0 Å². The lowest BCUT2D eigenvalue weighted by molar-refractivity contribution is -0.158. The van der Waals surface area contributed by atoms with Crippen molar-refractivity contribution in [2.75, 3.05) is 6.61 Å². The standard InChI is InChI=1S/C31H43N3O5/c1-19(35)39-27-8-7-24-28-20(6-4-5-13-38-29(37)26(32)16-22-17-33-18-34-22)14-21-15-23(36)9-11-30(21,2)25(28)10-12-31(24,27)3/h4-5,15,17-18,20,24-28H,6-14,16,32H2,1-3H3,(H,33,34)/b5-4+/t20-,24+,25+,26+,27+,28+,30+,31+/m1/s1. The molecule has 1 aromatic heterocycles. The first kappa shape index (κ1) is 27.8. The number of esters is 2. The summed E-state index contributed by atoms with van der Waals surface area (Å²) in [6.45, 7) is 6.43. The topological polar surface area (TPSA) is 124 Å². The fourth-order valence-corrected chi connectivity index (χ4v) is 8.58. The number of hydrogen-bond donors (Lipinski definition) is 2. The molecule has 4 aliphatic carbocycles. The minimum absolute atomic E-state index is 0.00279. The number of aromatic nitrogens is 2. The first-order valence-corrected chi connectivity index (χ1v) is 14.6. The van der Waals surface area contributed by atoms with Gasteiger partial charge in [0.25, 0.3) is 0 Å². The van der Waals surface area contributed by atoms with Crippen LogP contribution in [0.4, 0.5) is 0 Å². The highest BCUT2D eigenvalue weighted by molar-refractivity contribution is 5.91. The summed E-state index contributed by atoms with van der Waals surface area (Å²) in [6, 6.07) is -0.737. The van der Waals surface area contributed by atoms with Crippen LogP contribution in [-0.4, -0.2) is 46.4 Å². The summed E-state index contributed by atoms with van der Waals surface area (Å²) < 4.78 is 11.3. The number of fused-ring (bicyclic) bond motifs is 5. The van der Waals surface area contributed by atoms with Crippen LogP contribution >= 0.6 is 0 Å². The number of aromatic amines is 1. The van der Waals surface area contributed by atoms with Crippen molar-refractivity contribution in [1.82, 2.24) is 9.97 Å². The molecule has 0 spiro atoms. The zero-order valence-electron chi connectivity index (χ0n) is 23.5. The Kier molecular flexibility index (Phi) is 7.86. The molecular weight excluding hydrogens is 494 g/mol. The van der Waals surface area contributed by atoms with Gasteiger partial charge < -0.3 is 20.2 Å². The van der Waals surface area contributed by atoms with Crippen molar-refractivity contribution in [3.8, 4) is 0 Å². The minimum atomic E-state index is -0.737. The van der Waals surface area contributed by atoms with Crippen molar-refractivity contribution >= 4 is 17.7 Å². The van der Waals surface area contributed by atoms with Gasteiger partial charge in [-0.1, -0.05) is 31.6 Å². The molecule has 212 valence electrons. The van der Waals surface area contributed by atoms with E-state index < -0.39 is 12.0 Å². The van der Waals surface area contributed by atoms with Gasteiger partial charge in [-0.2, -0.15) is 0 Å². The number of rotatable bonds is 8. The van der Waals surface area contributed by atoms with Crippen LogP contribution < -0.4 is 5.73 Å².